The first-order valence-electron chi connectivity index (χ1n) is 11.9. The fourth-order valence-corrected chi connectivity index (χ4v) is 3.61. The lowest BCUT2D eigenvalue weighted by atomic mass is 10.0. The van der Waals surface area contributed by atoms with E-state index in [4.69, 9.17) is 19.7 Å². The molecule has 0 radical (unpaired) electrons. The molecule has 0 aromatic carbocycles. The van der Waals surface area contributed by atoms with Crippen LogP contribution in [-0.4, -0.2) is 49.6 Å². The van der Waals surface area contributed by atoms with Crippen LogP contribution < -0.4 is 5.32 Å². The Labute approximate surface area is 174 Å². The monoisotopic (exact) mass is 403 g/mol. The number of hydrogen-bond acceptors (Lipinski definition) is 5. The summed E-state index contributed by atoms with van der Waals surface area (Å²) >= 11 is 0. The molecule has 3 N–H and O–H groups in total. The zero-order valence-electron chi connectivity index (χ0n) is 18.9. The maximum atomic E-state index is 9.00. The van der Waals surface area contributed by atoms with Crippen LogP contribution in [-0.2, 0) is 9.47 Å². The first-order chi connectivity index (χ1) is 13.7. The smallest absolute Gasteiger partial charge is 0.227 e. The van der Waals surface area contributed by atoms with E-state index in [2.05, 4.69) is 12.2 Å². The van der Waals surface area contributed by atoms with Crippen molar-refractivity contribution in [3.05, 3.63) is 0 Å². The van der Waals surface area contributed by atoms with E-state index in [9.17, 15) is 0 Å². The second-order valence-corrected chi connectivity index (χ2v) is 7.85. The minimum Gasteiger partial charge on any atom is -0.394 e. The van der Waals surface area contributed by atoms with Gasteiger partial charge in [-0.25, -0.2) is 0 Å². The Morgan fingerprint density at radius 1 is 0.607 bits per heavy atom. The summed E-state index contributed by atoms with van der Waals surface area (Å²) in [5.41, 5.74) is 0. The molecule has 170 valence electrons. The van der Waals surface area contributed by atoms with Crippen molar-refractivity contribution < 1.29 is 19.7 Å². The van der Waals surface area contributed by atoms with Gasteiger partial charge >= 0.3 is 0 Å². The fraction of sp³-hybridized carbons (Fsp3) is 1.00. The van der Waals surface area contributed by atoms with E-state index < -0.39 is 5.91 Å². The van der Waals surface area contributed by atoms with Crippen LogP contribution in [0.2, 0.25) is 0 Å². The van der Waals surface area contributed by atoms with Crippen molar-refractivity contribution in [1.29, 1.82) is 0 Å². The first kappa shape index (κ1) is 27.8. The molecular formula is C23H49NO4. The molecule has 0 amide bonds. The third kappa shape index (κ3) is 16.7. The lowest BCUT2D eigenvalue weighted by Crippen LogP contribution is -2.49. The molecule has 0 atom stereocenters. The Kier molecular flexibility index (Phi) is 21.4. The molecule has 28 heavy (non-hydrogen) atoms. The molecule has 0 bridgehead atoms. The predicted octanol–water partition coefficient (Wildman–Crippen LogP) is 5.14. The topological polar surface area (TPSA) is 71.0 Å². The second kappa shape index (κ2) is 21.5. The van der Waals surface area contributed by atoms with Crippen molar-refractivity contribution in [2.75, 3.05) is 33.5 Å². The molecule has 0 saturated carbocycles. The highest BCUT2D eigenvalue weighted by atomic mass is 16.7. The van der Waals surface area contributed by atoms with E-state index in [0.29, 0.717) is 0 Å². The van der Waals surface area contributed by atoms with Gasteiger partial charge in [0.2, 0.25) is 5.91 Å². The van der Waals surface area contributed by atoms with Crippen LogP contribution >= 0.6 is 0 Å². The maximum Gasteiger partial charge on any atom is 0.227 e. The van der Waals surface area contributed by atoms with Gasteiger partial charge in [-0.2, -0.15) is 0 Å². The van der Waals surface area contributed by atoms with Crippen LogP contribution in [0.25, 0.3) is 0 Å². The minimum atomic E-state index is -0.887. The van der Waals surface area contributed by atoms with Crippen LogP contribution in [0.4, 0.5) is 0 Å². The number of ether oxygens (including phenoxy) is 2. The van der Waals surface area contributed by atoms with E-state index in [1.54, 1.807) is 7.05 Å². The SMILES string of the molecule is CCCCCCCCCCCCCCCCCC(NC)(OCCO)OCCO. The molecule has 0 aliphatic carbocycles. The third-order valence-corrected chi connectivity index (χ3v) is 5.34. The molecule has 0 heterocycles. The quantitative estimate of drug-likeness (QED) is 0.163. The molecule has 0 unspecified atom stereocenters. The van der Waals surface area contributed by atoms with Crippen LogP contribution in [0.1, 0.15) is 110 Å². The van der Waals surface area contributed by atoms with E-state index in [-0.39, 0.29) is 26.4 Å². The normalized spacial score (nSPS) is 12.0. The molecule has 0 spiro atoms. The Morgan fingerprint density at radius 2 is 0.964 bits per heavy atom. The van der Waals surface area contributed by atoms with Gasteiger partial charge in [-0.1, -0.05) is 96.8 Å². The van der Waals surface area contributed by atoms with Crippen molar-refractivity contribution in [3.63, 3.8) is 0 Å². The highest BCUT2D eigenvalue weighted by molar-refractivity contribution is 4.66. The van der Waals surface area contributed by atoms with E-state index in [1.165, 1.54) is 83.5 Å². The molecule has 0 aliphatic rings. The fourth-order valence-electron chi connectivity index (χ4n) is 3.61. The standard InChI is InChI=1S/C23H49NO4/c1-3-4-5-6-7-8-9-10-11-12-13-14-15-16-17-18-23(24-2,27-21-19-25)28-22-20-26/h24-26H,3-22H2,1-2H3. The molecule has 5 heteroatoms. The number of aliphatic hydroxyl groups is 2. The van der Waals surface area contributed by atoms with E-state index >= 15 is 0 Å². The summed E-state index contributed by atoms with van der Waals surface area (Å²) in [6, 6.07) is 0. The van der Waals surface area contributed by atoms with Crippen LogP contribution in [0.5, 0.6) is 0 Å². The molecule has 0 aliphatic heterocycles. The second-order valence-electron chi connectivity index (χ2n) is 7.85. The summed E-state index contributed by atoms with van der Waals surface area (Å²) < 4.78 is 11.3. The number of unbranched alkanes of at least 4 members (excludes halogenated alkanes) is 14. The third-order valence-electron chi connectivity index (χ3n) is 5.34. The lowest BCUT2D eigenvalue weighted by Gasteiger charge is -2.33. The Balaban J connectivity index is 3.55. The van der Waals surface area contributed by atoms with Crippen molar-refractivity contribution in [3.8, 4) is 0 Å². The van der Waals surface area contributed by atoms with Gasteiger partial charge in [-0.3, -0.25) is 5.32 Å². The summed E-state index contributed by atoms with van der Waals surface area (Å²) in [6.07, 6.45) is 20.8. The van der Waals surface area contributed by atoms with E-state index in [1.807, 2.05) is 0 Å². The van der Waals surface area contributed by atoms with Crippen LogP contribution in [0.3, 0.4) is 0 Å². The molecule has 0 rings (SSSR count). The summed E-state index contributed by atoms with van der Waals surface area (Å²) in [6.45, 7) is 2.66. The molecule has 0 saturated heterocycles. The van der Waals surface area contributed by atoms with Crippen molar-refractivity contribution in [1.82, 2.24) is 5.32 Å². The molecule has 0 aromatic heterocycles. The summed E-state index contributed by atoms with van der Waals surface area (Å²) in [4.78, 5) is 0. The molecule has 0 aromatic rings. The van der Waals surface area contributed by atoms with Crippen molar-refractivity contribution in [2.45, 2.75) is 116 Å². The van der Waals surface area contributed by atoms with Gasteiger partial charge in [0, 0.05) is 6.42 Å². The van der Waals surface area contributed by atoms with Crippen molar-refractivity contribution in [2.24, 2.45) is 0 Å². The van der Waals surface area contributed by atoms with Gasteiger partial charge < -0.3 is 19.7 Å². The average Bonchev–Trinajstić information content (AvgIpc) is 2.72. The number of aliphatic hydroxyl groups excluding tert-OH is 2. The number of nitrogens with one attached hydrogen (secondary N) is 1. The zero-order valence-corrected chi connectivity index (χ0v) is 18.9. The summed E-state index contributed by atoms with van der Waals surface area (Å²) in [5.74, 6) is -0.887. The highest BCUT2D eigenvalue weighted by Crippen LogP contribution is 2.20. The van der Waals surface area contributed by atoms with Gasteiger partial charge in [-0.15, -0.1) is 0 Å². The Bertz CT molecular complexity index is 294. The van der Waals surface area contributed by atoms with Crippen molar-refractivity contribution >= 4 is 0 Å². The van der Waals surface area contributed by atoms with Gasteiger partial charge in [0.1, 0.15) is 0 Å². The lowest BCUT2D eigenvalue weighted by molar-refractivity contribution is -0.263. The van der Waals surface area contributed by atoms with Gasteiger partial charge in [0.25, 0.3) is 0 Å². The summed E-state index contributed by atoms with van der Waals surface area (Å²) in [7, 11) is 1.79. The van der Waals surface area contributed by atoms with Gasteiger partial charge in [0.05, 0.1) is 26.4 Å². The first-order valence-corrected chi connectivity index (χ1v) is 11.9. The van der Waals surface area contributed by atoms with Gasteiger partial charge in [0.15, 0.2) is 0 Å². The molecule has 0 fully saturated rings. The Morgan fingerprint density at radius 3 is 1.29 bits per heavy atom. The predicted molar refractivity (Wildman–Crippen MR) is 117 cm³/mol. The molecule has 5 nitrogen and oxygen atoms in total. The summed E-state index contributed by atoms with van der Waals surface area (Å²) in [5, 5.41) is 21.1. The average molecular weight is 404 g/mol. The van der Waals surface area contributed by atoms with Gasteiger partial charge in [-0.05, 0) is 13.5 Å². The minimum absolute atomic E-state index is 0.0369. The number of hydrogen-bond donors (Lipinski definition) is 3. The van der Waals surface area contributed by atoms with E-state index in [0.717, 1.165) is 19.3 Å². The molecular weight excluding hydrogens is 354 g/mol. The van der Waals surface area contributed by atoms with Crippen LogP contribution in [0.15, 0.2) is 0 Å². The largest absolute Gasteiger partial charge is 0.394 e. The zero-order chi connectivity index (χ0) is 20.8. The van der Waals surface area contributed by atoms with Crippen LogP contribution in [0, 0.1) is 0 Å². The highest BCUT2D eigenvalue weighted by Gasteiger charge is 2.29. The Hall–Kier alpha value is -0.200. The number of rotatable bonds is 23. The maximum absolute atomic E-state index is 9.00.